The Morgan fingerprint density at radius 2 is 1.94 bits per heavy atom. The SMILES string of the molecule is CC(C)OC(=O)CN1CCN(C2CNC2)CC1. The molecule has 0 radical (unpaired) electrons. The first-order chi connectivity index (χ1) is 8.15. The Morgan fingerprint density at radius 3 is 2.41 bits per heavy atom. The van der Waals surface area contributed by atoms with Gasteiger partial charge in [-0.2, -0.15) is 0 Å². The van der Waals surface area contributed by atoms with Crippen LogP contribution in [-0.2, 0) is 9.53 Å². The van der Waals surface area contributed by atoms with Gasteiger partial charge in [-0.3, -0.25) is 14.6 Å². The van der Waals surface area contributed by atoms with Gasteiger partial charge in [-0.1, -0.05) is 0 Å². The number of ether oxygens (including phenoxy) is 1. The molecule has 0 amide bonds. The molecule has 5 nitrogen and oxygen atoms in total. The highest BCUT2D eigenvalue weighted by Gasteiger charge is 2.28. The Bertz CT molecular complexity index is 258. The van der Waals surface area contributed by atoms with Gasteiger partial charge in [-0.25, -0.2) is 0 Å². The zero-order chi connectivity index (χ0) is 12.3. The molecular weight excluding hydrogens is 218 g/mol. The number of rotatable bonds is 4. The van der Waals surface area contributed by atoms with Crippen molar-refractivity contribution in [2.75, 3.05) is 45.8 Å². The monoisotopic (exact) mass is 241 g/mol. The van der Waals surface area contributed by atoms with Crippen molar-refractivity contribution in [2.45, 2.75) is 26.0 Å². The second kappa shape index (κ2) is 5.80. The highest BCUT2D eigenvalue weighted by Crippen LogP contribution is 2.09. The van der Waals surface area contributed by atoms with E-state index in [1.54, 1.807) is 0 Å². The van der Waals surface area contributed by atoms with E-state index in [0.717, 1.165) is 45.3 Å². The van der Waals surface area contributed by atoms with Crippen molar-refractivity contribution in [3.05, 3.63) is 0 Å². The van der Waals surface area contributed by atoms with Gasteiger partial charge in [0.15, 0.2) is 0 Å². The van der Waals surface area contributed by atoms with Gasteiger partial charge in [0.1, 0.15) is 0 Å². The molecule has 2 fully saturated rings. The predicted octanol–water partition coefficient (Wildman–Crippen LogP) is -0.473. The summed E-state index contributed by atoms with van der Waals surface area (Å²) in [4.78, 5) is 16.2. The van der Waals surface area contributed by atoms with Crippen LogP contribution in [0.15, 0.2) is 0 Å². The lowest BCUT2D eigenvalue weighted by atomic mass is 10.1. The standard InChI is InChI=1S/C12H23N3O2/c1-10(2)17-12(16)9-14-3-5-15(6-4-14)11-7-13-8-11/h10-11,13H,3-9H2,1-2H3. The van der Waals surface area contributed by atoms with Gasteiger partial charge >= 0.3 is 5.97 Å². The summed E-state index contributed by atoms with van der Waals surface area (Å²) < 4.78 is 5.16. The second-order valence-electron chi connectivity index (χ2n) is 5.16. The first-order valence-electron chi connectivity index (χ1n) is 6.52. The van der Waals surface area contributed by atoms with E-state index < -0.39 is 0 Å². The molecule has 2 saturated heterocycles. The normalized spacial score (nSPS) is 23.7. The van der Waals surface area contributed by atoms with E-state index >= 15 is 0 Å². The predicted molar refractivity (Wildman–Crippen MR) is 65.9 cm³/mol. The minimum Gasteiger partial charge on any atom is -0.462 e. The third-order valence-electron chi connectivity index (χ3n) is 3.40. The highest BCUT2D eigenvalue weighted by atomic mass is 16.5. The largest absolute Gasteiger partial charge is 0.462 e. The summed E-state index contributed by atoms with van der Waals surface area (Å²) in [5, 5.41) is 3.29. The average Bonchev–Trinajstić information content (AvgIpc) is 2.16. The summed E-state index contributed by atoms with van der Waals surface area (Å²) in [7, 11) is 0. The van der Waals surface area contributed by atoms with Crippen molar-refractivity contribution in [1.82, 2.24) is 15.1 Å². The molecule has 2 aliphatic rings. The van der Waals surface area contributed by atoms with Gasteiger partial charge in [0.05, 0.1) is 12.6 Å². The Morgan fingerprint density at radius 1 is 1.29 bits per heavy atom. The van der Waals surface area contributed by atoms with Gasteiger partial charge in [-0.05, 0) is 13.8 Å². The van der Waals surface area contributed by atoms with Crippen molar-refractivity contribution in [3.8, 4) is 0 Å². The Balaban J connectivity index is 1.66. The maximum absolute atomic E-state index is 11.5. The van der Waals surface area contributed by atoms with Crippen molar-refractivity contribution in [2.24, 2.45) is 0 Å². The molecule has 0 unspecified atom stereocenters. The number of hydrogen-bond donors (Lipinski definition) is 1. The molecule has 2 aliphatic heterocycles. The lowest BCUT2D eigenvalue weighted by molar-refractivity contribution is -0.149. The van der Waals surface area contributed by atoms with Crippen molar-refractivity contribution in [3.63, 3.8) is 0 Å². The quantitative estimate of drug-likeness (QED) is 0.674. The van der Waals surface area contributed by atoms with Crippen LogP contribution in [0.4, 0.5) is 0 Å². The number of nitrogens with zero attached hydrogens (tertiary/aromatic N) is 2. The van der Waals surface area contributed by atoms with Crippen LogP contribution in [0.1, 0.15) is 13.8 Å². The number of piperazine rings is 1. The molecule has 0 atom stereocenters. The average molecular weight is 241 g/mol. The van der Waals surface area contributed by atoms with Gasteiger partial charge in [0.25, 0.3) is 0 Å². The Kier molecular flexibility index (Phi) is 4.36. The molecule has 0 saturated carbocycles. The molecule has 0 bridgehead atoms. The number of nitrogens with one attached hydrogen (secondary N) is 1. The van der Waals surface area contributed by atoms with Crippen LogP contribution in [0.25, 0.3) is 0 Å². The molecule has 2 rings (SSSR count). The summed E-state index contributed by atoms with van der Waals surface area (Å²) in [6.07, 6.45) is -0.00941. The van der Waals surface area contributed by atoms with Gasteiger partial charge in [0, 0.05) is 45.3 Å². The summed E-state index contributed by atoms with van der Waals surface area (Å²) in [5.41, 5.74) is 0. The highest BCUT2D eigenvalue weighted by molar-refractivity contribution is 5.71. The Labute approximate surface area is 103 Å². The molecule has 5 heteroatoms. The van der Waals surface area contributed by atoms with Crippen LogP contribution in [0.2, 0.25) is 0 Å². The van der Waals surface area contributed by atoms with Crippen molar-refractivity contribution in [1.29, 1.82) is 0 Å². The second-order valence-corrected chi connectivity index (χ2v) is 5.16. The third kappa shape index (κ3) is 3.66. The van der Waals surface area contributed by atoms with Gasteiger partial charge < -0.3 is 10.1 Å². The molecule has 2 heterocycles. The number of carbonyl (C=O) groups excluding carboxylic acids is 1. The van der Waals surface area contributed by atoms with E-state index in [1.165, 1.54) is 0 Å². The summed E-state index contributed by atoms with van der Waals surface area (Å²) in [6.45, 7) is 10.6. The smallest absolute Gasteiger partial charge is 0.320 e. The lowest BCUT2D eigenvalue weighted by Gasteiger charge is -2.43. The van der Waals surface area contributed by atoms with E-state index in [9.17, 15) is 4.79 Å². The third-order valence-corrected chi connectivity index (χ3v) is 3.40. The summed E-state index contributed by atoms with van der Waals surface area (Å²) >= 11 is 0. The number of hydrogen-bond acceptors (Lipinski definition) is 5. The van der Waals surface area contributed by atoms with Crippen LogP contribution < -0.4 is 5.32 Å². The summed E-state index contributed by atoms with van der Waals surface area (Å²) in [5.74, 6) is -0.0984. The van der Waals surface area contributed by atoms with Crippen LogP contribution in [-0.4, -0.2) is 73.7 Å². The molecule has 0 aromatic carbocycles. The summed E-state index contributed by atoms with van der Waals surface area (Å²) in [6, 6.07) is 0.722. The fourth-order valence-corrected chi connectivity index (χ4v) is 2.30. The molecule has 98 valence electrons. The zero-order valence-electron chi connectivity index (χ0n) is 10.8. The Hall–Kier alpha value is -0.650. The van der Waals surface area contributed by atoms with E-state index in [1.807, 2.05) is 13.8 Å². The molecule has 17 heavy (non-hydrogen) atoms. The topological polar surface area (TPSA) is 44.8 Å². The van der Waals surface area contributed by atoms with E-state index in [0.29, 0.717) is 6.54 Å². The minimum absolute atomic E-state index is 0.00941. The van der Waals surface area contributed by atoms with Crippen LogP contribution in [0.3, 0.4) is 0 Å². The van der Waals surface area contributed by atoms with Crippen molar-refractivity contribution >= 4 is 5.97 Å². The molecule has 1 N–H and O–H groups in total. The van der Waals surface area contributed by atoms with Gasteiger partial charge in [-0.15, -0.1) is 0 Å². The van der Waals surface area contributed by atoms with E-state index in [4.69, 9.17) is 4.74 Å². The molecule has 0 aromatic heterocycles. The lowest BCUT2D eigenvalue weighted by Crippen LogP contribution is -2.61. The van der Waals surface area contributed by atoms with Crippen molar-refractivity contribution < 1.29 is 9.53 Å². The minimum atomic E-state index is -0.0984. The van der Waals surface area contributed by atoms with E-state index in [2.05, 4.69) is 15.1 Å². The van der Waals surface area contributed by atoms with Crippen LogP contribution in [0, 0.1) is 0 Å². The van der Waals surface area contributed by atoms with Gasteiger partial charge in [0.2, 0.25) is 0 Å². The fourth-order valence-electron chi connectivity index (χ4n) is 2.30. The van der Waals surface area contributed by atoms with Crippen LogP contribution in [0.5, 0.6) is 0 Å². The number of esters is 1. The molecular formula is C12H23N3O2. The number of carbonyl (C=O) groups is 1. The van der Waals surface area contributed by atoms with E-state index in [-0.39, 0.29) is 12.1 Å². The molecule has 0 aromatic rings. The maximum Gasteiger partial charge on any atom is 0.320 e. The maximum atomic E-state index is 11.5. The fraction of sp³-hybridized carbons (Fsp3) is 0.917. The molecule has 0 aliphatic carbocycles. The first kappa shape index (κ1) is 12.8. The van der Waals surface area contributed by atoms with Crippen LogP contribution >= 0.6 is 0 Å². The molecule has 0 spiro atoms. The first-order valence-corrected chi connectivity index (χ1v) is 6.52. The zero-order valence-corrected chi connectivity index (χ0v) is 10.8.